The Bertz CT molecular complexity index is 332. The number of hydrogen-bond acceptors (Lipinski definition) is 4. The maximum absolute atomic E-state index is 11.3. The van der Waals surface area contributed by atoms with E-state index in [4.69, 9.17) is 9.84 Å². The Labute approximate surface area is 158 Å². The van der Waals surface area contributed by atoms with Gasteiger partial charge in [0.2, 0.25) is 0 Å². The molecule has 0 bridgehead atoms. The number of hydrogen-bond donors (Lipinski definition) is 1. The first kappa shape index (κ1) is 24.3. The third kappa shape index (κ3) is 21.2. The standard InChI is InChI=1S/C20H38O4S/c1-18(2)14-12-10-8-6-4-3-5-7-9-11-13-15-24-20(23)17-25-16-19(21)22/h18H,3-17H2,1-2H3,(H,21,22). The molecule has 0 spiro atoms. The van der Waals surface area contributed by atoms with Crippen molar-refractivity contribution in [3.63, 3.8) is 0 Å². The summed E-state index contributed by atoms with van der Waals surface area (Å²) in [6, 6.07) is 0. The van der Waals surface area contributed by atoms with E-state index in [0.717, 1.165) is 30.5 Å². The van der Waals surface area contributed by atoms with E-state index in [1.807, 2.05) is 0 Å². The third-order valence-electron chi connectivity index (χ3n) is 4.13. The van der Waals surface area contributed by atoms with Gasteiger partial charge < -0.3 is 9.84 Å². The Hall–Kier alpha value is -0.710. The second-order valence-corrected chi connectivity index (χ2v) is 8.16. The lowest BCUT2D eigenvalue weighted by Gasteiger charge is -2.05. The summed E-state index contributed by atoms with van der Waals surface area (Å²) in [6.45, 7) is 5.06. The van der Waals surface area contributed by atoms with Gasteiger partial charge in [-0.25, -0.2) is 0 Å². The molecular weight excluding hydrogens is 336 g/mol. The largest absolute Gasteiger partial charge is 0.481 e. The Morgan fingerprint density at radius 1 is 0.800 bits per heavy atom. The quantitative estimate of drug-likeness (QED) is 0.247. The van der Waals surface area contributed by atoms with E-state index in [-0.39, 0.29) is 17.5 Å². The number of aliphatic carboxylic acids is 1. The summed E-state index contributed by atoms with van der Waals surface area (Å²) in [6.07, 6.45) is 15.5. The molecule has 0 amide bonds. The molecule has 0 atom stereocenters. The minimum Gasteiger partial charge on any atom is -0.481 e. The van der Waals surface area contributed by atoms with Crippen LogP contribution < -0.4 is 0 Å². The van der Waals surface area contributed by atoms with Gasteiger partial charge in [0.15, 0.2) is 0 Å². The highest BCUT2D eigenvalue weighted by molar-refractivity contribution is 8.00. The fourth-order valence-electron chi connectivity index (χ4n) is 2.69. The summed E-state index contributed by atoms with van der Waals surface area (Å²) in [5.74, 6) is -0.278. The third-order valence-corrected chi connectivity index (χ3v) is 5.03. The lowest BCUT2D eigenvalue weighted by atomic mass is 10.0. The van der Waals surface area contributed by atoms with E-state index in [1.54, 1.807) is 0 Å². The molecule has 0 saturated carbocycles. The van der Waals surface area contributed by atoms with Crippen LogP contribution in [0.2, 0.25) is 0 Å². The van der Waals surface area contributed by atoms with Crippen molar-refractivity contribution in [1.82, 2.24) is 0 Å². The fourth-order valence-corrected chi connectivity index (χ4v) is 3.22. The van der Waals surface area contributed by atoms with Gasteiger partial charge in [-0.2, -0.15) is 0 Å². The molecule has 0 unspecified atom stereocenters. The van der Waals surface area contributed by atoms with E-state index in [2.05, 4.69) is 13.8 Å². The van der Waals surface area contributed by atoms with Crippen LogP contribution in [0.25, 0.3) is 0 Å². The summed E-state index contributed by atoms with van der Waals surface area (Å²) >= 11 is 1.08. The molecule has 0 aliphatic carbocycles. The van der Waals surface area contributed by atoms with E-state index >= 15 is 0 Å². The number of rotatable bonds is 18. The predicted octanol–water partition coefficient (Wildman–Crippen LogP) is 5.68. The number of thioether (sulfide) groups is 1. The minimum atomic E-state index is -0.899. The molecular formula is C20H38O4S. The lowest BCUT2D eigenvalue weighted by molar-refractivity contribution is -0.140. The second kappa shape index (κ2) is 18.1. The van der Waals surface area contributed by atoms with Crippen molar-refractivity contribution in [2.45, 2.75) is 90.9 Å². The lowest BCUT2D eigenvalue weighted by Crippen LogP contribution is -2.10. The van der Waals surface area contributed by atoms with Gasteiger partial charge in [-0.15, -0.1) is 11.8 Å². The van der Waals surface area contributed by atoms with Crippen molar-refractivity contribution >= 4 is 23.7 Å². The zero-order valence-corrected chi connectivity index (χ0v) is 17.1. The van der Waals surface area contributed by atoms with Crippen LogP contribution in [0.15, 0.2) is 0 Å². The van der Waals surface area contributed by atoms with Gasteiger partial charge in [0.1, 0.15) is 0 Å². The Balaban J connectivity index is 3.14. The zero-order valence-electron chi connectivity index (χ0n) is 16.3. The number of carboxylic acids is 1. The first-order valence-electron chi connectivity index (χ1n) is 9.97. The molecule has 148 valence electrons. The highest BCUT2D eigenvalue weighted by Gasteiger charge is 2.05. The van der Waals surface area contributed by atoms with Crippen LogP contribution in [0.5, 0.6) is 0 Å². The van der Waals surface area contributed by atoms with E-state index < -0.39 is 5.97 Å². The maximum atomic E-state index is 11.3. The van der Waals surface area contributed by atoms with Gasteiger partial charge in [0.25, 0.3) is 0 Å². The number of unbranched alkanes of at least 4 members (excludes halogenated alkanes) is 10. The molecule has 25 heavy (non-hydrogen) atoms. The minimum absolute atomic E-state index is 0.0486. The zero-order chi connectivity index (χ0) is 18.8. The summed E-state index contributed by atoms with van der Waals surface area (Å²) < 4.78 is 5.08. The Kier molecular flexibility index (Phi) is 17.6. The monoisotopic (exact) mass is 374 g/mol. The molecule has 0 aliphatic heterocycles. The Morgan fingerprint density at radius 2 is 1.28 bits per heavy atom. The molecule has 0 aromatic rings. The summed E-state index contributed by atoms with van der Waals surface area (Å²) in [5.41, 5.74) is 0. The van der Waals surface area contributed by atoms with Crippen LogP contribution in [0.4, 0.5) is 0 Å². The molecule has 4 nitrogen and oxygen atoms in total. The average molecular weight is 375 g/mol. The SMILES string of the molecule is CC(C)CCCCCCCCCCCCCOC(=O)CSCC(=O)O. The van der Waals surface area contributed by atoms with Crippen molar-refractivity contribution in [2.24, 2.45) is 5.92 Å². The van der Waals surface area contributed by atoms with Crippen molar-refractivity contribution in [3.8, 4) is 0 Å². The molecule has 1 N–H and O–H groups in total. The Morgan fingerprint density at radius 3 is 1.76 bits per heavy atom. The highest BCUT2D eigenvalue weighted by atomic mass is 32.2. The summed E-state index contributed by atoms with van der Waals surface area (Å²) in [7, 11) is 0. The predicted molar refractivity (Wildman–Crippen MR) is 106 cm³/mol. The number of carbonyl (C=O) groups excluding carboxylic acids is 1. The maximum Gasteiger partial charge on any atom is 0.315 e. The highest BCUT2D eigenvalue weighted by Crippen LogP contribution is 2.13. The van der Waals surface area contributed by atoms with Crippen LogP contribution in [-0.2, 0) is 14.3 Å². The first-order chi connectivity index (χ1) is 12.0. The van der Waals surface area contributed by atoms with Crippen LogP contribution in [0, 0.1) is 5.92 Å². The normalized spacial score (nSPS) is 11.0. The van der Waals surface area contributed by atoms with Gasteiger partial charge in [0, 0.05) is 0 Å². The van der Waals surface area contributed by atoms with Gasteiger partial charge in [-0.3, -0.25) is 9.59 Å². The second-order valence-electron chi connectivity index (χ2n) is 7.18. The molecule has 0 aliphatic rings. The van der Waals surface area contributed by atoms with Crippen LogP contribution in [0.3, 0.4) is 0 Å². The van der Waals surface area contributed by atoms with Crippen molar-refractivity contribution in [3.05, 3.63) is 0 Å². The first-order valence-corrected chi connectivity index (χ1v) is 11.1. The average Bonchev–Trinajstić information content (AvgIpc) is 2.54. The molecule has 0 radical (unpaired) electrons. The van der Waals surface area contributed by atoms with Crippen molar-refractivity contribution < 1.29 is 19.4 Å². The van der Waals surface area contributed by atoms with Gasteiger partial charge in [-0.1, -0.05) is 84.5 Å². The summed E-state index contributed by atoms with van der Waals surface area (Å²) in [5, 5.41) is 8.47. The molecule has 0 heterocycles. The molecule has 0 saturated heterocycles. The molecule has 0 rings (SSSR count). The number of carbonyl (C=O) groups is 2. The van der Waals surface area contributed by atoms with Crippen molar-refractivity contribution in [1.29, 1.82) is 0 Å². The van der Waals surface area contributed by atoms with Crippen LogP contribution in [-0.4, -0.2) is 35.2 Å². The van der Waals surface area contributed by atoms with Crippen LogP contribution in [0.1, 0.15) is 90.9 Å². The van der Waals surface area contributed by atoms with Crippen LogP contribution >= 0.6 is 11.8 Å². The van der Waals surface area contributed by atoms with Crippen molar-refractivity contribution in [2.75, 3.05) is 18.1 Å². The molecule has 5 heteroatoms. The van der Waals surface area contributed by atoms with Gasteiger partial charge in [0.05, 0.1) is 18.1 Å². The number of ether oxygens (including phenoxy) is 1. The summed E-state index contributed by atoms with van der Waals surface area (Å²) in [4.78, 5) is 21.6. The van der Waals surface area contributed by atoms with E-state index in [1.165, 1.54) is 64.2 Å². The van der Waals surface area contributed by atoms with E-state index in [9.17, 15) is 9.59 Å². The van der Waals surface area contributed by atoms with E-state index in [0.29, 0.717) is 6.61 Å². The molecule has 0 aromatic carbocycles. The number of esters is 1. The molecule has 0 fully saturated rings. The topological polar surface area (TPSA) is 63.6 Å². The van der Waals surface area contributed by atoms with Gasteiger partial charge >= 0.3 is 11.9 Å². The van der Waals surface area contributed by atoms with Gasteiger partial charge in [-0.05, 0) is 12.3 Å². The fraction of sp³-hybridized carbons (Fsp3) is 0.900. The number of carboxylic acid groups (broad SMARTS) is 1. The smallest absolute Gasteiger partial charge is 0.315 e. The molecule has 0 aromatic heterocycles.